The summed E-state index contributed by atoms with van der Waals surface area (Å²) in [5.74, 6) is -0.0183. The Hall–Kier alpha value is -3.81. The molecular weight excluding hydrogens is 360 g/mol. The van der Waals surface area contributed by atoms with Crippen LogP contribution in [0.5, 0.6) is 0 Å². The fourth-order valence-electron chi connectivity index (χ4n) is 2.77. The van der Waals surface area contributed by atoms with Crippen LogP contribution in [0.2, 0.25) is 0 Å². The number of esters is 1. The van der Waals surface area contributed by atoms with Crippen LogP contribution in [0.4, 0.5) is 0 Å². The number of fused-ring (bicyclic) bond motifs is 1. The van der Waals surface area contributed by atoms with Crippen LogP contribution in [0.3, 0.4) is 0 Å². The molecule has 0 N–H and O–H groups in total. The molecule has 0 amide bonds. The van der Waals surface area contributed by atoms with Gasteiger partial charge in [-0.15, -0.1) is 10.2 Å². The number of nitrogens with zero attached hydrogens (tertiary/aromatic N) is 4. The van der Waals surface area contributed by atoms with Gasteiger partial charge in [0.15, 0.2) is 12.3 Å². The Balaban J connectivity index is 1.74. The minimum Gasteiger partial charge on any atom is -0.451 e. The largest absolute Gasteiger partial charge is 0.451 e. The zero-order valence-corrected chi connectivity index (χ0v) is 15.0. The lowest BCUT2D eigenvalue weighted by molar-refractivity contribution is 0.0430. The maximum Gasteiger partial charge on any atom is 0.359 e. The summed E-state index contributed by atoms with van der Waals surface area (Å²) in [5, 5.41) is 12.7. The van der Waals surface area contributed by atoms with Gasteiger partial charge < -0.3 is 9.15 Å². The summed E-state index contributed by atoms with van der Waals surface area (Å²) in [5.41, 5.74) is 0.272. The number of carbonyl (C=O) groups is 1. The molecule has 2 aromatic carbocycles. The Morgan fingerprint density at radius 2 is 1.68 bits per heavy atom. The highest BCUT2D eigenvalue weighted by atomic mass is 16.5. The zero-order chi connectivity index (χ0) is 19.5. The molecule has 4 rings (SSSR count). The van der Waals surface area contributed by atoms with E-state index in [1.807, 2.05) is 13.0 Å². The van der Waals surface area contributed by atoms with Gasteiger partial charge in [-0.2, -0.15) is 9.78 Å². The van der Waals surface area contributed by atoms with Crippen molar-refractivity contribution in [3.8, 4) is 5.69 Å². The van der Waals surface area contributed by atoms with E-state index in [9.17, 15) is 9.59 Å². The van der Waals surface area contributed by atoms with Gasteiger partial charge in [0.1, 0.15) is 0 Å². The van der Waals surface area contributed by atoms with E-state index in [2.05, 4.69) is 15.3 Å². The van der Waals surface area contributed by atoms with Gasteiger partial charge in [-0.1, -0.05) is 43.3 Å². The van der Waals surface area contributed by atoms with E-state index in [1.54, 1.807) is 48.5 Å². The molecule has 0 spiro atoms. The standard InChI is InChI=1S/C20H16N4O4/c1-2-16-21-22-17(28-16)12-27-20(26)18-14-10-6-7-11-15(14)19(25)24(23-18)13-8-4-3-5-9-13/h3-11H,2,12H2,1H3. The lowest BCUT2D eigenvalue weighted by Crippen LogP contribution is -2.25. The van der Waals surface area contributed by atoms with Crippen LogP contribution in [0, 0.1) is 0 Å². The number of aryl methyl sites for hydroxylation is 1. The highest BCUT2D eigenvalue weighted by Crippen LogP contribution is 2.16. The van der Waals surface area contributed by atoms with E-state index in [0.717, 1.165) is 0 Å². The smallest absolute Gasteiger partial charge is 0.359 e. The van der Waals surface area contributed by atoms with Crippen molar-refractivity contribution in [1.29, 1.82) is 0 Å². The number of hydrogen-bond donors (Lipinski definition) is 0. The molecule has 0 saturated heterocycles. The molecule has 0 aliphatic heterocycles. The number of hydrogen-bond acceptors (Lipinski definition) is 7. The molecule has 4 aromatic rings. The summed E-state index contributed by atoms with van der Waals surface area (Å²) in [6, 6.07) is 15.7. The van der Waals surface area contributed by atoms with Crippen LogP contribution in [0.25, 0.3) is 16.5 Å². The molecule has 0 atom stereocenters. The quantitative estimate of drug-likeness (QED) is 0.494. The third kappa shape index (κ3) is 3.27. The first kappa shape index (κ1) is 17.6. The Morgan fingerprint density at radius 1 is 1.00 bits per heavy atom. The molecule has 0 fully saturated rings. The minimum atomic E-state index is -0.683. The van der Waals surface area contributed by atoms with E-state index in [1.165, 1.54) is 4.68 Å². The van der Waals surface area contributed by atoms with Crippen molar-refractivity contribution < 1.29 is 13.9 Å². The van der Waals surface area contributed by atoms with E-state index in [4.69, 9.17) is 9.15 Å². The first-order chi connectivity index (χ1) is 13.7. The Bertz CT molecular complexity index is 1200. The molecule has 140 valence electrons. The van der Waals surface area contributed by atoms with Gasteiger partial charge in [0, 0.05) is 11.8 Å². The van der Waals surface area contributed by atoms with Crippen molar-refractivity contribution in [2.24, 2.45) is 0 Å². The predicted octanol–water partition coefficient (Wildman–Crippen LogP) is 2.69. The van der Waals surface area contributed by atoms with Crippen LogP contribution in [0.15, 0.2) is 63.8 Å². The van der Waals surface area contributed by atoms with Crippen LogP contribution < -0.4 is 5.56 Å². The third-order valence-electron chi connectivity index (χ3n) is 4.14. The van der Waals surface area contributed by atoms with Crippen molar-refractivity contribution in [3.63, 3.8) is 0 Å². The van der Waals surface area contributed by atoms with Gasteiger partial charge in [0.2, 0.25) is 5.89 Å². The van der Waals surface area contributed by atoms with Crippen molar-refractivity contribution >= 4 is 16.7 Å². The molecule has 0 saturated carbocycles. The Kier molecular flexibility index (Phi) is 4.67. The van der Waals surface area contributed by atoms with Gasteiger partial charge in [0.25, 0.3) is 11.4 Å². The number of ether oxygens (including phenoxy) is 1. The average molecular weight is 376 g/mol. The Labute approximate surface area is 159 Å². The molecule has 2 heterocycles. The highest BCUT2D eigenvalue weighted by molar-refractivity contribution is 6.02. The second-order valence-corrected chi connectivity index (χ2v) is 5.97. The van der Waals surface area contributed by atoms with Gasteiger partial charge in [0.05, 0.1) is 11.1 Å². The van der Waals surface area contributed by atoms with Crippen LogP contribution >= 0.6 is 0 Å². The van der Waals surface area contributed by atoms with E-state index >= 15 is 0 Å². The van der Waals surface area contributed by atoms with Crippen molar-refractivity contribution in [1.82, 2.24) is 20.0 Å². The fraction of sp³-hybridized carbons (Fsp3) is 0.150. The minimum absolute atomic E-state index is 0.0364. The lowest BCUT2D eigenvalue weighted by Gasteiger charge is -2.10. The summed E-state index contributed by atoms with van der Waals surface area (Å²) in [7, 11) is 0. The van der Waals surface area contributed by atoms with Gasteiger partial charge in [-0.05, 0) is 18.2 Å². The first-order valence-electron chi connectivity index (χ1n) is 8.73. The molecule has 28 heavy (non-hydrogen) atoms. The van der Waals surface area contributed by atoms with Crippen molar-refractivity contribution in [3.05, 3.63) is 82.4 Å². The number of carbonyl (C=O) groups excluding carboxylic acids is 1. The molecule has 8 nitrogen and oxygen atoms in total. The zero-order valence-electron chi connectivity index (χ0n) is 15.0. The summed E-state index contributed by atoms with van der Waals surface area (Å²) >= 11 is 0. The van der Waals surface area contributed by atoms with Crippen molar-refractivity contribution in [2.45, 2.75) is 20.0 Å². The van der Waals surface area contributed by atoms with Crippen LogP contribution in [0.1, 0.15) is 29.2 Å². The summed E-state index contributed by atoms with van der Waals surface area (Å²) in [4.78, 5) is 25.5. The number of aromatic nitrogens is 4. The van der Waals surface area contributed by atoms with Gasteiger partial charge >= 0.3 is 5.97 Å². The molecule has 8 heteroatoms. The lowest BCUT2D eigenvalue weighted by atomic mass is 10.1. The molecule has 0 unspecified atom stereocenters. The number of benzene rings is 2. The molecular formula is C20H16N4O4. The van der Waals surface area contributed by atoms with E-state index in [0.29, 0.717) is 28.8 Å². The summed E-state index contributed by atoms with van der Waals surface area (Å²) in [6.45, 7) is 1.71. The maximum atomic E-state index is 12.8. The summed E-state index contributed by atoms with van der Waals surface area (Å²) < 4.78 is 11.8. The van der Waals surface area contributed by atoms with Crippen LogP contribution in [-0.2, 0) is 17.8 Å². The topological polar surface area (TPSA) is 100 Å². The third-order valence-corrected chi connectivity index (χ3v) is 4.14. The van der Waals surface area contributed by atoms with Crippen LogP contribution in [-0.4, -0.2) is 25.9 Å². The normalized spacial score (nSPS) is 10.9. The SMILES string of the molecule is CCc1nnc(COC(=O)c2nn(-c3ccccc3)c(=O)c3ccccc23)o1. The van der Waals surface area contributed by atoms with E-state index < -0.39 is 5.97 Å². The number of rotatable bonds is 5. The maximum absolute atomic E-state index is 12.8. The first-order valence-corrected chi connectivity index (χ1v) is 8.73. The van der Waals surface area contributed by atoms with Crippen molar-refractivity contribution in [2.75, 3.05) is 0 Å². The molecule has 0 bridgehead atoms. The molecule has 0 radical (unpaired) electrons. The monoisotopic (exact) mass is 376 g/mol. The second kappa shape index (κ2) is 7.43. The number of para-hydroxylation sites is 1. The molecule has 0 aliphatic rings. The van der Waals surface area contributed by atoms with E-state index in [-0.39, 0.29) is 23.8 Å². The molecule has 0 aliphatic carbocycles. The van der Waals surface area contributed by atoms with Gasteiger partial charge in [-0.25, -0.2) is 4.79 Å². The average Bonchev–Trinajstić information content (AvgIpc) is 3.21. The molecule has 2 aromatic heterocycles. The Morgan fingerprint density at radius 3 is 2.39 bits per heavy atom. The highest BCUT2D eigenvalue weighted by Gasteiger charge is 2.19. The predicted molar refractivity (Wildman–Crippen MR) is 100 cm³/mol. The summed E-state index contributed by atoms with van der Waals surface area (Å²) in [6.07, 6.45) is 0.592. The fourth-order valence-corrected chi connectivity index (χ4v) is 2.77. The van der Waals surface area contributed by atoms with Gasteiger partial charge in [-0.3, -0.25) is 4.79 Å². The second-order valence-electron chi connectivity index (χ2n) is 5.97.